The monoisotopic (exact) mass is 313 g/mol. The third kappa shape index (κ3) is 2.73. The van der Waals surface area contributed by atoms with Gasteiger partial charge in [-0.25, -0.2) is 9.97 Å². The zero-order valence-corrected chi connectivity index (χ0v) is 11.4. The second-order valence-electron chi connectivity index (χ2n) is 3.53. The smallest absolute Gasteiger partial charge is 0.268 e. The predicted octanol–water partition coefficient (Wildman–Crippen LogP) is 2.41. The summed E-state index contributed by atoms with van der Waals surface area (Å²) in [5.74, 6) is 0.658. The molecular formula is C11H9BrClN3O. The highest BCUT2D eigenvalue weighted by atomic mass is 79.9. The lowest BCUT2D eigenvalue weighted by atomic mass is 10.2. The zero-order valence-electron chi connectivity index (χ0n) is 9.02. The van der Waals surface area contributed by atoms with Crippen LogP contribution in [0.15, 0.2) is 33.8 Å². The Bertz CT molecular complexity index is 612. The fourth-order valence-electron chi connectivity index (χ4n) is 1.46. The van der Waals surface area contributed by atoms with E-state index in [9.17, 15) is 4.79 Å². The molecule has 0 aromatic carbocycles. The van der Waals surface area contributed by atoms with Crippen molar-refractivity contribution in [3.63, 3.8) is 0 Å². The lowest BCUT2D eigenvalue weighted by Crippen LogP contribution is -2.24. The standard InChI is InChI=1S/C11H9BrClN3O/c1-7-15-5-9(12)11(17)16(7)6-8-2-3-14-10(13)4-8/h2-5H,6H2,1H3. The van der Waals surface area contributed by atoms with Crippen LogP contribution in [0.2, 0.25) is 5.15 Å². The highest BCUT2D eigenvalue weighted by Crippen LogP contribution is 2.09. The number of aryl methyl sites for hydroxylation is 1. The van der Waals surface area contributed by atoms with Crippen molar-refractivity contribution in [2.45, 2.75) is 13.5 Å². The van der Waals surface area contributed by atoms with Crippen LogP contribution in [0.1, 0.15) is 11.4 Å². The van der Waals surface area contributed by atoms with Crippen LogP contribution >= 0.6 is 27.5 Å². The SMILES string of the molecule is Cc1ncc(Br)c(=O)n1Cc1ccnc(Cl)c1. The molecule has 0 N–H and O–H groups in total. The summed E-state index contributed by atoms with van der Waals surface area (Å²) in [5, 5.41) is 0.413. The molecule has 2 aromatic heterocycles. The van der Waals surface area contributed by atoms with Crippen molar-refractivity contribution in [3.05, 3.63) is 55.9 Å². The maximum atomic E-state index is 11.9. The molecular weight excluding hydrogens is 305 g/mol. The third-order valence-electron chi connectivity index (χ3n) is 2.34. The van der Waals surface area contributed by atoms with Gasteiger partial charge >= 0.3 is 0 Å². The van der Waals surface area contributed by atoms with E-state index in [1.807, 2.05) is 6.07 Å². The molecule has 2 aromatic rings. The molecule has 0 saturated heterocycles. The van der Waals surface area contributed by atoms with E-state index in [2.05, 4.69) is 25.9 Å². The molecule has 17 heavy (non-hydrogen) atoms. The van der Waals surface area contributed by atoms with E-state index in [-0.39, 0.29) is 5.56 Å². The Labute approximate surface area is 111 Å². The quantitative estimate of drug-likeness (QED) is 0.800. The van der Waals surface area contributed by atoms with Crippen molar-refractivity contribution in [3.8, 4) is 0 Å². The number of halogens is 2. The van der Waals surface area contributed by atoms with Gasteiger partial charge in [-0.05, 0) is 40.5 Å². The lowest BCUT2D eigenvalue weighted by molar-refractivity contribution is 0.695. The van der Waals surface area contributed by atoms with E-state index in [1.54, 1.807) is 23.8 Å². The lowest BCUT2D eigenvalue weighted by Gasteiger charge is -2.09. The van der Waals surface area contributed by atoms with Gasteiger partial charge in [-0.2, -0.15) is 0 Å². The molecule has 4 nitrogen and oxygen atoms in total. The van der Waals surface area contributed by atoms with Gasteiger partial charge in [0.2, 0.25) is 0 Å². The van der Waals surface area contributed by atoms with Crippen LogP contribution < -0.4 is 5.56 Å². The van der Waals surface area contributed by atoms with E-state index in [4.69, 9.17) is 11.6 Å². The van der Waals surface area contributed by atoms with Crippen LogP contribution in [0.25, 0.3) is 0 Å². The fraction of sp³-hybridized carbons (Fsp3) is 0.182. The first-order valence-electron chi connectivity index (χ1n) is 4.90. The average Bonchev–Trinajstić information content (AvgIpc) is 2.30. The maximum Gasteiger partial charge on any atom is 0.268 e. The molecule has 2 rings (SSSR count). The average molecular weight is 315 g/mol. The Morgan fingerprint density at radius 2 is 2.24 bits per heavy atom. The second-order valence-corrected chi connectivity index (χ2v) is 4.77. The number of pyridine rings is 1. The molecule has 0 radical (unpaired) electrons. The van der Waals surface area contributed by atoms with Gasteiger partial charge in [0.05, 0.1) is 6.54 Å². The summed E-state index contributed by atoms with van der Waals surface area (Å²) in [5.41, 5.74) is 0.806. The summed E-state index contributed by atoms with van der Waals surface area (Å²) < 4.78 is 2.03. The fourth-order valence-corrected chi connectivity index (χ4v) is 1.97. The van der Waals surface area contributed by atoms with Crippen molar-refractivity contribution in [2.75, 3.05) is 0 Å². The van der Waals surface area contributed by atoms with Gasteiger partial charge in [-0.15, -0.1) is 0 Å². The number of nitrogens with zero attached hydrogens (tertiary/aromatic N) is 3. The van der Waals surface area contributed by atoms with Gasteiger partial charge in [0.15, 0.2) is 0 Å². The van der Waals surface area contributed by atoms with Gasteiger partial charge in [-0.3, -0.25) is 9.36 Å². The zero-order chi connectivity index (χ0) is 12.4. The van der Waals surface area contributed by atoms with Crippen molar-refractivity contribution in [2.24, 2.45) is 0 Å². The molecule has 0 fully saturated rings. The van der Waals surface area contributed by atoms with Crippen molar-refractivity contribution < 1.29 is 0 Å². The second kappa shape index (κ2) is 4.98. The minimum absolute atomic E-state index is 0.106. The maximum absolute atomic E-state index is 11.9. The first-order chi connectivity index (χ1) is 8.08. The van der Waals surface area contributed by atoms with Crippen molar-refractivity contribution >= 4 is 27.5 Å². The van der Waals surface area contributed by atoms with Gasteiger partial charge in [0, 0.05) is 12.4 Å². The molecule has 0 amide bonds. The molecule has 0 saturated carbocycles. The van der Waals surface area contributed by atoms with Crippen LogP contribution in [-0.2, 0) is 6.54 Å². The molecule has 0 aliphatic carbocycles. The molecule has 2 heterocycles. The van der Waals surface area contributed by atoms with Crippen molar-refractivity contribution in [1.29, 1.82) is 0 Å². The molecule has 6 heteroatoms. The molecule has 88 valence electrons. The molecule has 0 unspecified atom stereocenters. The Kier molecular flexibility index (Phi) is 3.59. The molecule has 0 atom stereocenters. The molecule has 0 aliphatic heterocycles. The van der Waals surface area contributed by atoms with E-state index in [0.717, 1.165) is 5.56 Å². The summed E-state index contributed by atoms with van der Waals surface area (Å²) in [6.45, 7) is 2.22. The molecule has 0 spiro atoms. The van der Waals surface area contributed by atoms with E-state index in [1.165, 1.54) is 6.20 Å². The van der Waals surface area contributed by atoms with Crippen LogP contribution in [0.3, 0.4) is 0 Å². The number of aromatic nitrogens is 3. The summed E-state index contributed by atoms with van der Waals surface area (Å²) in [4.78, 5) is 19.9. The normalized spacial score (nSPS) is 10.5. The predicted molar refractivity (Wildman–Crippen MR) is 69.3 cm³/mol. The van der Waals surface area contributed by atoms with Crippen LogP contribution in [0, 0.1) is 6.92 Å². The Hall–Kier alpha value is -1.20. The van der Waals surface area contributed by atoms with E-state index in [0.29, 0.717) is 22.0 Å². The highest BCUT2D eigenvalue weighted by molar-refractivity contribution is 9.10. The summed E-state index contributed by atoms with van der Waals surface area (Å²) in [6.07, 6.45) is 3.12. The van der Waals surface area contributed by atoms with Crippen molar-refractivity contribution in [1.82, 2.24) is 14.5 Å². The first-order valence-corrected chi connectivity index (χ1v) is 6.07. The third-order valence-corrected chi connectivity index (χ3v) is 3.09. The van der Waals surface area contributed by atoms with Gasteiger partial charge in [0.1, 0.15) is 15.5 Å². The van der Waals surface area contributed by atoms with Crippen LogP contribution in [0.5, 0.6) is 0 Å². The summed E-state index contributed by atoms with van der Waals surface area (Å²) in [7, 11) is 0. The minimum Gasteiger partial charge on any atom is -0.291 e. The minimum atomic E-state index is -0.106. The molecule has 0 aliphatic rings. The van der Waals surface area contributed by atoms with Gasteiger partial charge < -0.3 is 0 Å². The first kappa shape index (κ1) is 12.3. The highest BCUT2D eigenvalue weighted by Gasteiger charge is 2.06. The topological polar surface area (TPSA) is 47.8 Å². The largest absolute Gasteiger partial charge is 0.291 e. The van der Waals surface area contributed by atoms with Crippen LogP contribution in [0.4, 0.5) is 0 Å². The number of rotatable bonds is 2. The van der Waals surface area contributed by atoms with Crippen LogP contribution in [-0.4, -0.2) is 14.5 Å². The number of hydrogen-bond donors (Lipinski definition) is 0. The summed E-state index contributed by atoms with van der Waals surface area (Å²) in [6, 6.07) is 3.55. The van der Waals surface area contributed by atoms with Gasteiger partial charge in [-0.1, -0.05) is 11.6 Å². The Morgan fingerprint density at radius 3 is 2.94 bits per heavy atom. The molecule has 0 bridgehead atoms. The van der Waals surface area contributed by atoms with E-state index >= 15 is 0 Å². The Balaban J connectivity index is 2.43. The number of hydrogen-bond acceptors (Lipinski definition) is 3. The summed E-state index contributed by atoms with van der Waals surface area (Å²) >= 11 is 8.97. The van der Waals surface area contributed by atoms with Gasteiger partial charge in [0.25, 0.3) is 5.56 Å². The Morgan fingerprint density at radius 1 is 1.47 bits per heavy atom. The van der Waals surface area contributed by atoms with E-state index < -0.39 is 0 Å².